The molecule has 0 bridgehead atoms. The Morgan fingerprint density at radius 3 is 2.15 bits per heavy atom. The predicted octanol–water partition coefficient (Wildman–Crippen LogP) is 3.36. The van der Waals surface area contributed by atoms with E-state index in [9.17, 15) is 30.0 Å². The number of esters is 1. The van der Waals surface area contributed by atoms with E-state index in [4.69, 9.17) is 18.9 Å². The van der Waals surface area contributed by atoms with Crippen LogP contribution in [0.15, 0.2) is 48.5 Å². The molecule has 10 nitrogen and oxygen atoms in total. The molecule has 4 rings (SSSR count). The average Bonchev–Trinajstić information content (AvgIpc) is 3.29. The Hall–Kier alpha value is -4.44. The zero-order valence-corrected chi connectivity index (χ0v) is 22.4. The van der Waals surface area contributed by atoms with Gasteiger partial charge in [-0.3, -0.25) is 9.59 Å². The summed E-state index contributed by atoms with van der Waals surface area (Å²) < 4.78 is 21.0. The van der Waals surface area contributed by atoms with Gasteiger partial charge in [0.1, 0.15) is 0 Å². The molecule has 1 fully saturated rings. The molecule has 0 aliphatic carbocycles. The monoisotopic (exact) mass is 552 g/mol. The lowest BCUT2D eigenvalue weighted by Gasteiger charge is -2.21. The molecule has 0 unspecified atom stereocenters. The zero-order chi connectivity index (χ0) is 29.0. The second-order valence-corrected chi connectivity index (χ2v) is 9.63. The van der Waals surface area contributed by atoms with Crippen LogP contribution in [0.1, 0.15) is 33.0 Å². The van der Waals surface area contributed by atoms with Crippen molar-refractivity contribution in [2.24, 2.45) is 11.8 Å². The van der Waals surface area contributed by atoms with Gasteiger partial charge in [-0.15, -0.1) is 0 Å². The second kappa shape index (κ2) is 12.2. The molecule has 212 valence electrons. The second-order valence-electron chi connectivity index (χ2n) is 9.63. The van der Waals surface area contributed by atoms with E-state index < -0.39 is 24.2 Å². The van der Waals surface area contributed by atoms with Crippen molar-refractivity contribution in [3.8, 4) is 34.5 Å². The number of ether oxygens (including phenoxy) is 4. The molecule has 0 saturated carbocycles. The molecule has 10 heteroatoms. The van der Waals surface area contributed by atoms with Gasteiger partial charge in [-0.1, -0.05) is 12.1 Å². The van der Waals surface area contributed by atoms with Crippen molar-refractivity contribution in [3.63, 3.8) is 0 Å². The summed E-state index contributed by atoms with van der Waals surface area (Å²) in [6, 6.07) is 12.3. The van der Waals surface area contributed by atoms with Gasteiger partial charge in [0, 0.05) is 17.0 Å². The smallest absolute Gasteiger partial charge is 0.309 e. The molecule has 0 aromatic heterocycles. The minimum atomic E-state index is -1.15. The SMILES string of the molecule is COc1cc(C[C@H]2COC(=O)[C@@H]2Cc2cc(OC)c(O)c([C@@H](CO)C(=O)c3ccc(O)c(OC)c3)c2)ccc1O. The fourth-order valence-corrected chi connectivity index (χ4v) is 5.04. The summed E-state index contributed by atoms with van der Waals surface area (Å²) >= 11 is 0. The Kier molecular flexibility index (Phi) is 8.69. The van der Waals surface area contributed by atoms with Crippen molar-refractivity contribution in [1.29, 1.82) is 0 Å². The fourth-order valence-electron chi connectivity index (χ4n) is 5.04. The maximum atomic E-state index is 13.4. The highest BCUT2D eigenvalue weighted by Crippen LogP contribution is 2.40. The van der Waals surface area contributed by atoms with Crippen LogP contribution in [0, 0.1) is 11.8 Å². The molecule has 0 radical (unpaired) electrons. The standard InChI is InChI=1S/C30H32O10/c1-37-25-11-16(4-6-23(25)32)8-19-15-40-30(36)20(19)9-17-10-21(29(35)27(12-17)39-3)22(14-31)28(34)18-5-7-24(33)26(13-18)38-2/h4-7,10-13,19-20,22,31-33,35H,8-9,14-15H2,1-3H3/t19-,20+,22+/m0/s1. The molecule has 3 aromatic rings. The molecule has 1 saturated heterocycles. The number of rotatable bonds is 11. The van der Waals surface area contributed by atoms with E-state index in [1.54, 1.807) is 24.3 Å². The van der Waals surface area contributed by atoms with E-state index in [0.29, 0.717) is 17.7 Å². The average molecular weight is 553 g/mol. The number of benzene rings is 3. The predicted molar refractivity (Wildman–Crippen MR) is 143 cm³/mol. The number of methoxy groups -OCH3 is 3. The Morgan fingerprint density at radius 2 is 1.50 bits per heavy atom. The van der Waals surface area contributed by atoms with E-state index in [1.165, 1.54) is 45.6 Å². The van der Waals surface area contributed by atoms with Crippen LogP contribution in [0.5, 0.6) is 34.5 Å². The van der Waals surface area contributed by atoms with E-state index in [-0.39, 0.29) is 64.8 Å². The van der Waals surface area contributed by atoms with E-state index in [2.05, 4.69) is 0 Å². The minimum Gasteiger partial charge on any atom is -0.504 e. The van der Waals surface area contributed by atoms with Gasteiger partial charge in [-0.2, -0.15) is 0 Å². The van der Waals surface area contributed by atoms with Crippen molar-refractivity contribution in [3.05, 3.63) is 70.8 Å². The number of phenolic OH excluding ortho intramolecular Hbond substituents is 3. The van der Waals surface area contributed by atoms with Crippen molar-refractivity contribution < 1.29 is 49.0 Å². The lowest BCUT2D eigenvalue weighted by atomic mass is 9.83. The zero-order valence-electron chi connectivity index (χ0n) is 22.4. The van der Waals surface area contributed by atoms with Crippen LogP contribution in [0.3, 0.4) is 0 Å². The first-order chi connectivity index (χ1) is 19.2. The van der Waals surface area contributed by atoms with Crippen LogP contribution >= 0.6 is 0 Å². The third kappa shape index (κ3) is 5.76. The molecule has 1 heterocycles. The van der Waals surface area contributed by atoms with E-state index in [0.717, 1.165) is 5.56 Å². The molecule has 3 aromatic carbocycles. The summed E-state index contributed by atoms with van der Waals surface area (Å²) in [6.07, 6.45) is 0.733. The lowest BCUT2D eigenvalue weighted by Crippen LogP contribution is -2.21. The Labute approximate surface area is 231 Å². The third-order valence-electron chi connectivity index (χ3n) is 7.23. The van der Waals surface area contributed by atoms with E-state index >= 15 is 0 Å². The van der Waals surface area contributed by atoms with Gasteiger partial charge >= 0.3 is 5.97 Å². The lowest BCUT2D eigenvalue weighted by molar-refractivity contribution is -0.141. The quantitative estimate of drug-likeness (QED) is 0.206. The van der Waals surface area contributed by atoms with E-state index in [1.807, 2.05) is 0 Å². The first-order valence-corrected chi connectivity index (χ1v) is 12.6. The van der Waals surface area contributed by atoms with Crippen LogP contribution in [0.4, 0.5) is 0 Å². The highest BCUT2D eigenvalue weighted by atomic mass is 16.5. The number of hydrogen-bond acceptors (Lipinski definition) is 10. The summed E-state index contributed by atoms with van der Waals surface area (Å²) in [6.45, 7) is -0.395. The number of aliphatic hydroxyl groups excluding tert-OH is 1. The van der Waals surface area contributed by atoms with Crippen LogP contribution in [0.25, 0.3) is 0 Å². The Bertz CT molecular complexity index is 1400. The van der Waals surface area contributed by atoms with Crippen molar-refractivity contribution >= 4 is 11.8 Å². The number of cyclic esters (lactones) is 1. The number of carbonyl (C=O) groups is 2. The van der Waals surface area contributed by atoms with Gasteiger partial charge in [0.05, 0.1) is 46.4 Å². The maximum Gasteiger partial charge on any atom is 0.309 e. The maximum absolute atomic E-state index is 13.4. The summed E-state index contributed by atoms with van der Waals surface area (Å²) in [5.74, 6) is -2.63. The Balaban J connectivity index is 1.64. The summed E-state index contributed by atoms with van der Waals surface area (Å²) in [5.41, 5.74) is 1.78. The van der Waals surface area contributed by atoms with Gasteiger partial charge in [0.15, 0.2) is 40.3 Å². The summed E-state index contributed by atoms with van der Waals surface area (Å²) in [7, 11) is 4.18. The van der Waals surface area contributed by atoms with Gasteiger partial charge in [-0.25, -0.2) is 0 Å². The molecule has 4 N–H and O–H groups in total. The van der Waals surface area contributed by atoms with Crippen molar-refractivity contribution in [2.45, 2.75) is 18.8 Å². The molecule has 0 amide bonds. The van der Waals surface area contributed by atoms with Gasteiger partial charge in [0.2, 0.25) is 0 Å². The van der Waals surface area contributed by atoms with Gasteiger partial charge < -0.3 is 39.4 Å². The normalized spacial score (nSPS) is 17.2. The molecule has 1 aliphatic heterocycles. The first-order valence-electron chi connectivity index (χ1n) is 12.6. The Morgan fingerprint density at radius 1 is 0.875 bits per heavy atom. The third-order valence-corrected chi connectivity index (χ3v) is 7.23. The highest BCUT2D eigenvalue weighted by molar-refractivity contribution is 6.02. The van der Waals surface area contributed by atoms with Crippen molar-refractivity contribution in [2.75, 3.05) is 34.5 Å². The number of phenols is 3. The van der Waals surface area contributed by atoms with Crippen LogP contribution in [-0.4, -0.2) is 66.7 Å². The number of Topliss-reactive ketones (excluding diaryl/α,β-unsaturated/α-hetero) is 1. The van der Waals surface area contributed by atoms with Crippen LogP contribution in [0.2, 0.25) is 0 Å². The molecule has 0 spiro atoms. The number of hydrogen-bond donors (Lipinski definition) is 4. The van der Waals surface area contributed by atoms with Crippen LogP contribution < -0.4 is 14.2 Å². The molecular weight excluding hydrogens is 520 g/mol. The number of ketones is 1. The molecule has 3 atom stereocenters. The topological polar surface area (TPSA) is 152 Å². The summed E-state index contributed by atoms with van der Waals surface area (Å²) in [5, 5.41) is 40.9. The molecular formula is C30H32O10. The molecule has 1 aliphatic rings. The number of aromatic hydroxyl groups is 3. The highest BCUT2D eigenvalue weighted by Gasteiger charge is 2.37. The fraction of sp³-hybridized carbons (Fsp3) is 0.333. The first kappa shape index (κ1) is 28.6. The number of aliphatic hydroxyl groups is 1. The minimum absolute atomic E-state index is 0.0176. The van der Waals surface area contributed by atoms with Gasteiger partial charge in [-0.05, 0) is 60.4 Å². The van der Waals surface area contributed by atoms with Crippen LogP contribution in [-0.2, 0) is 22.4 Å². The number of carbonyl (C=O) groups excluding carboxylic acids is 2. The van der Waals surface area contributed by atoms with Gasteiger partial charge in [0.25, 0.3) is 0 Å². The van der Waals surface area contributed by atoms with Crippen molar-refractivity contribution in [1.82, 2.24) is 0 Å². The summed E-state index contributed by atoms with van der Waals surface area (Å²) in [4.78, 5) is 26.1. The largest absolute Gasteiger partial charge is 0.504 e. The molecule has 40 heavy (non-hydrogen) atoms.